The topological polar surface area (TPSA) is 34.6 Å². The van der Waals surface area contributed by atoms with E-state index in [-0.39, 0.29) is 18.3 Å². The summed E-state index contributed by atoms with van der Waals surface area (Å²) in [6.45, 7) is 12.0. The molecule has 0 saturated carbocycles. The summed E-state index contributed by atoms with van der Waals surface area (Å²) < 4.78 is 12.5. The molecule has 1 aliphatic heterocycles. The van der Waals surface area contributed by atoms with E-state index in [9.17, 15) is 0 Å². The van der Waals surface area contributed by atoms with Crippen molar-refractivity contribution in [1.29, 1.82) is 0 Å². The van der Waals surface area contributed by atoms with E-state index in [1.54, 1.807) is 0 Å². The normalized spacial score (nSPS) is 18.5. The van der Waals surface area contributed by atoms with Gasteiger partial charge in [-0.15, -0.1) is 0 Å². The molecule has 1 aromatic carbocycles. The zero-order valence-corrected chi connectivity index (χ0v) is 16.7. The van der Waals surface area contributed by atoms with Crippen LogP contribution in [0.1, 0.15) is 44.6 Å². The van der Waals surface area contributed by atoms with Crippen LogP contribution in [0.25, 0.3) is 0 Å². The summed E-state index contributed by atoms with van der Waals surface area (Å²) in [6.07, 6.45) is 0. The van der Waals surface area contributed by atoms with Crippen molar-refractivity contribution in [2.75, 3.05) is 7.05 Å². The molecule has 1 aromatic heterocycles. The molecule has 1 aliphatic rings. The maximum atomic E-state index is 6.25. The summed E-state index contributed by atoms with van der Waals surface area (Å²) in [7, 11) is 1.78. The lowest BCUT2D eigenvalue weighted by Gasteiger charge is -2.32. The van der Waals surface area contributed by atoms with Crippen molar-refractivity contribution in [3.05, 3.63) is 59.4 Å². The third-order valence-corrected chi connectivity index (χ3v) is 5.38. The van der Waals surface area contributed by atoms with Gasteiger partial charge in [-0.1, -0.05) is 30.3 Å². The van der Waals surface area contributed by atoms with E-state index in [2.05, 4.69) is 75.0 Å². The monoisotopic (exact) mass is 352 g/mol. The highest BCUT2D eigenvalue weighted by Crippen LogP contribution is 2.36. The molecule has 1 saturated heterocycles. The first-order chi connectivity index (χ1) is 12.2. The standard InChI is InChI=1S/C21H29BN2O2/c1-16-10-9-12-18(23-16)15-24(6)14-17-11-7-8-13-19(17)22-25-20(2,3)21(4,5)26-22/h7-13H,14-15H2,1-6H3. The van der Waals surface area contributed by atoms with Gasteiger partial charge in [0.05, 0.1) is 16.9 Å². The van der Waals surface area contributed by atoms with E-state index in [1.807, 2.05) is 19.1 Å². The van der Waals surface area contributed by atoms with Gasteiger partial charge in [0.25, 0.3) is 0 Å². The van der Waals surface area contributed by atoms with Gasteiger partial charge in [-0.05, 0) is 64.8 Å². The lowest BCUT2D eigenvalue weighted by molar-refractivity contribution is 0.00578. The maximum absolute atomic E-state index is 6.25. The average Bonchev–Trinajstić information content (AvgIpc) is 2.75. The lowest BCUT2D eigenvalue weighted by Crippen LogP contribution is -2.41. The number of hydrogen-bond donors (Lipinski definition) is 0. The van der Waals surface area contributed by atoms with Crippen LogP contribution in [0, 0.1) is 6.92 Å². The fourth-order valence-electron chi connectivity index (χ4n) is 3.19. The first kappa shape index (κ1) is 19.1. The van der Waals surface area contributed by atoms with Crippen molar-refractivity contribution in [2.24, 2.45) is 0 Å². The van der Waals surface area contributed by atoms with Crippen molar-refractivity contribution >= 4 is 12.6 Å². The molecule has 4 nitrogen and oxygen atoms in total. The second-order valence-electron chi connectivity index (χ2n) is 8.23. The Morgan fingerprint density at radius 2 is 1.58 bits per heavy atom. The second-order valence-corrected chi connectivity index (χ2v) is 8.23. The highest BCUT2D eigenvalue weighted by Gasteiger charge is 2.52. The number of benzene rings is 1. The first-order valence-electron chi connectivity index (χ1n) is 9.22. The van der Waals surface area contributed by atoms with Crippen LogP contribution in [-0.4, -0.2) is 35.3 Å². The van der Waals surface area contributed by atoms with Crippen LogP contribution >= 0.6 is 0 Å². The van der Waals surface area contributed by atoms with Gasteiger partial charge in [-0.25, -0.2) is 0 Å². The van der Waals surface area contributed by atoms with Gasteiger partial charge in [0.1, 0.15) is 0 Å². The van der Waals surface area contributed by atoms with Crippen LogP contribution in [0.5, 0.6) is 0 Å². The molecule has 138 valence electrons. The fourth-order valence-corrected chi connectivity index (χ4v) is 3.19. The van der Waals surface area contributed by atoms with E-state index in [0.29, 0.717) is 0 Å². The molecule has 26 heavy (non-hydrogen) atoms. The summed E-state index contributed by atoms with van der Waals surface area (Å²) in [5.41, 5.74) is 3.80. The second kappa shape index (κ2) is 7.14. The van der Waals surface area contributed by atoms with Gasteiger partial charge in [-0.3, -0.25) is 9.88 Å². The van der Waals surface area contributed by atoms with E-state index in [1.165, 1.54) is 5.56 Å². The highest BCUT2D eigenvalue weighted by molar-refractivity contribution is 6.62. The van der Waals surface area contributed by atoms with Crippen molar-refractivity contribution in [2.45, 2.75) is 58.9 Å². The summed E-state index contributed by atoms with van der Waals surface area (Å²) in [4.78, 5) is 6.87. The third kappa shape index (κ3) is 4.00. The van der Waals surface area contributed by atoms with Crippen molar-refractivity contribution in [3.63, 3.8) is 0 Å². The van der Waals surface area contributed by atoms with Gasteiger partial charge in [0.15, 0.2) is 0 Å². The Morgan fingerprint density at radius 1 is 0.923 bits per heavy atom. The van der Waals surface area contributed by atoms with Crippen LogP contribution < -0.4 is 5.46 Å². The fraction of sp³-hybridized carbons (Fsp3) is 0.476. The Labute approximate surface area is 157 Å². The largest absolute Gasteiger partial charge is 0.495 e. The molecule has 5 heteroatoms. The summed E-state index contributed by atoms with van der Waals surface area (Å²) in [5, 5.41) is 0. The molecule has 0 radical (unpaired) electrons. The smallest absolute Gasteiger partial charge is 0.399 e. The highest BCUT2D eigenvalue weighted by atomic mass is 16.7. The molecule has 0 unspecified atom stereocenters. The predicted molar refractivity (Wildman–Crippen MR) is 106 cm³/mol. The minimum Gasteiger partial charge on any atom is -0.399 e. The summed E-state index contributed by atoms with van der Waals surface area (Å²) in [5.74, 6) is 0. The minimum absolute atomic E-state index is 0.331. The van der Waals surface area contributed by atoms with Gasteiger partial charge in [-0.2, -0.15) is 0 Å². The molecule has 0 bridgehead atoms. The Balaban J connectivity index is 1.76. The molecule has 1 fully saturated rings. The molecule has 3 rings (SSSR count). The number of rotatable bonds is 5. The molecule has 0 N–H and O–H groups in total. The van der Waals surface area contributed by atoms with Crippen LogP contribution in [0.3, 0.4) is 0 Å². The Bertz CT molecular complexity index is 760. The molecular weight excluding hydrogens is 323 g/mol. The average molecular weight is 352 g/mol. The molecule has 2 aromatic rings. The molecular formula is C21H29BN2O2. The van der Waals surface area contributed by atoms with E-state index in [0.717, 1.165) is 29.9 Å². The number of nitrogens with zero attached hydrogens (tertiary/aromatic N) is 2. The first-order valence-corrected chi connectivity index (χ1v) is 9.22. The summed E-state index contributed by atoms with van der Waals surface area (Å²) in [6, 6.07) is 14.5. The molecule has 0 amide bonds. The van der Waals surface area contributed by atoms with Crippen LogP contribution in [-0.2, 0) is 22.4 Å². The van der Waals surface area contributed by atoms with Gasteiger partial charge in [0.2, 0.25) is 0 Å². The Hall–Kier alpha value is -1.69. The third-order valence-electron chi connectivity index (χ3n) is 5.38. The van der Waals surface area contributed by atoms with Gasteiger partial charge >= 0.3 is 7.12 Å². The zero-order valence-electron chi connectivity index (χ0n) is 16.7. The minimum atomic E-state index is -0.332. The Kier molecular flexibility index (Phi) is 5.24. The summed E-state index contributed by atoms with van der Waals surface area (Å²) >= 11 is 0. The van der Waals surface area contributed by atoms with Gasteiger partial charge < -0.3 is 9.31 Å². The van der Waals surface area contributed by atoms with Crippen LogP contribution in [0.2, 0.25) is 0 Å². The number of hydrogen-bond acceptors (Lipinski definition) is 4. The maximum Gasteiger partial charge on any atom is 0.495 e. The number of aromatic nitrogens is 1. The van der Waals surface area contributed by atoms with Crippen LogP contribution in [0.4, 0.5) is 0 Å². The SMILES string of the molecule is Cc1cccc(CN(C)Cc2ccccc2B2OC(C)(C)C(C)(C)O2)n1. The van der Waals surface area contributed by atoms with E-state index >= 15 is 0 Å². The van der Waals surface area contributed by atoms with E-state index in [4.69, 9.17) is 9.31 Å². The quantitative estimate of drug-likeness (QED) is 0.774. The number of aryl methyl sites for hydroxylation is 1. The van der Waals surface area contributed by atoms with Crippen molar-refractivity contribution < 1.29 is 9.31 Å². The molecule has 2 heterocycles. The van der Waals surface area contributed by atoms with Crippen molar-refractivity contribution in [1.82, 2.24) is 9.88 Å². The predicted octanol–water partition coefficient (Wildman–Crippen LogP) is 3.32. The van der Waals surface area contributed by atoms with Gasteiger partial charge in [0, 0.05) is 18.8 Å². The van der Waals surface area contributed by atoms with E-state index < -0.39 is 0 Å². The zero-order chi connectivity index (χ0) is 18.9. The number of pyridine rings is 1. The van der Waals surface area contributed by atoms with Crippen molar-refractivity contribution in [3.8, 4) is 0 Å². The Morgan fingerprint density at radius 3 is 2.23 bits per heavy atom. The lowest BCUT2D eigenvalue weighted by atomic mass is 9.76. The molecule has 0 aliphatic carbocycles. The molecule has 0 atom stereocenters. The van der Waals surface area contributed by atoms with Crippen LogP contribution in [0.15, 0.2) is 42.5 Å². The molecule has 0 spiro atoms.